The largest absolute Gasteiger partial charge is 0.434 e. The Morgan fingerprint density at radius 1 is 1.10 bits per heavy atom. The first-order valence-electron chi connectivity index (χ1n) is 6.72. The maximum absolute atomic E-state index is 12.5. The van der Waals surface area contributed by atoms with E-state index in [0.29, 0.717) is 11.4 Å². The Hall–Kier alpha value is -1.98. The van der Waals surface area contributed by atoms with Crippen molar-refractivity contribution in [2.45, 2.75) is 38.8 Å². The van der Waals surface area contributed by atoms with E-state index >= 15 is 0 Å². The fourth-order valence-electron chi connectivity index (χ4n) is 2.53. The van der Waals surface area contributed by atoms with Crippen molar-refractivity contribution in [3.8, 4) is 17.1 Å². The second-order valence-corrected chi connectivity index (χ2v) is 4.78. The van der Waals surface area contributed by atoms with E-state index in [4.69, 9.17) is 0 Å². The zero-order valence-electron chi connectivity index (χ0n) is 10.9. The lowest BCUT2D eigenvalue weighted by Gasteiger charge is -2.11. The molecule has 1 aliphatic rings. The van der Waals surface area contributed by atoms with Gasteiger partial charge in [-0.1, -0.05) is 18.6 Å². The number of para-hydroxylation sites is 1. The van der Waals surface area contributed by atoms with E-state index in [0.717, 1.165) is 38.1 Å². The summed E-state index contributed by atoms with van der Waals surface area (Å²) in [6.45, 7) is -2.02. The quantitative estimate of drug-likeness (QED) is 0.865. The maximum Gasteiger partial charge on any atom is 0.387 e. The third-order valence-electron chi connectivity index (χ3n) is 3.45. The van der Waals surface area contributed by atoms with Crippen LogP contribution in [0, 0.1) is 0 Å². The van der Waals surface area contributed by atoms with Crippen molar-refractivity contribution >= 4 is 0 Å². The Bertz CT molecular complexity index is 598. The number of aromatic nitrogens is 3. The SMILES string of the molecule is FC(F)Oc1ccccc1-c1nnc2n1CCCCC2. The first kappa shape index (κ1) is 13.0. The van der Waals surface area contributed by atoms with Gasteiger partial charge in [-0.15, -0.1) is 10.2 Å². The molecule has 2 heterocycles. The Kier molecular flexibility index (Phi) is 3.62. The molecule has 1 aromatic carbocycles. The molecular weight excluding hydrogens is 264 g/mol. The zero-order chi connectivity index (χ0) is 13.9. The highest BCUT2D eigenvalue weighted by atomic mass is 19.3. The Balaban J connectivity index is 2.03. The number of alkyl halides is 2. The van der Waals surface area contributed by atoms with Crippen molar-refractivity contribution in [2.75, 3.05) is 0 Å². The minimum Gasteiger partial charge on any atom is -0.434 e. The van der Waals surface area contributed by atoms with Crippen LogP contribution >= 0.6 is 0 Å². The Morgan fingerprint density at radius 3 is 2.80 bits per heavy atom. The van der Waals surface area contributed by atoms with Crippen molar-refractivity contribution in [3.63, 3.8) is 0 Å². The topological polar surface area (TPSA) is 39.9 Å². The van der Waals surface area contributed by atoms with E-state index in [2.05, 4.69) is 14.9 Å². The molecule has 4 nitrogen and oxygen atoms in total. The summed E-state index contributed by atoms with van der Waals surface area (Å²) < 4.78 is 31.6. The van der Waals surface area contributed by atoms with Gasteiger partial charge in [0.25, 0.3) is 0 Å². The van der Waals surface area contributed by atoms with Crippen molar-refractivity contribution in [3.05, 3.63) is 30.1 Å². The Morgan fingerprint density at radius 2 is 1.95 bits per heavy atom. The number of aryl methyl sites for hydroxylation is 1. The van der Waals surface area contributed by atoms with Crippen LogP contribution in [0.5, 0.6) is 5.75 Å². The highest BCUT2D eigenvalue weighted by Crippen LogP contribution is 2.31. The summed E-state index contributed by atoms with van der Waals surface area (Å²) in [4.78, 5) is 0. The van der Waals surface area contributed by atoms with E-state index in [9.17, 15) is 8.78 Å². The van der Waals surface area contributed by atoms with Crippen molar-refractivity contribution in [1.29, 1.82) is 0 Å². The third-order valence-corrected chi connectivity index (χ3v) is 3.45. The molecule has 1 aromatic heterocycles. The smallest absolute Gasteiger partial charge is 0.387 e. The number of fused-ring (bicyclic) bond motifs is 1. The monoisotopic (exact) mass is 279 g/mol. The third kappa shape index (κ3) is 2.50. The van der Waals surface area contributed by atoms with Crippen LogP contribution in [0.1, 0.15) is 25.1 Å². The standard InChI is InChI=1S/C14H15F2N3O/c15-14(16)20-11-7-4-3-6-10(11)13-18-17-12-8-2-1-5-9-19(12)13/h3-4,6-7,14H,1-2,5,8-9H2. The van der Waals surface area contributed by atoms with Gasteiger partial charge in [0.15, 0.2) is 5.82 Å². The summed E-state index contributed by atoms with van der Waals surface area (Å²) >= 11 is 0. The molecule has 0 saturated carbocycles. The minimum absolute atomic E-state index is 0.141. The highest BCUT2D eigenvalue weighted by Gasteiger charge is 2.19. The molecule has 6 heteroatoms. The average Bonchev–Trinajstić information content (AvgIpc) is 2.67. The second kappa shape index (κ2) is 5.56. The summed E-state index contributed by atoms with van der Waals surface area (Å²) in [6.07, 6.45) is 4.17. The summed E-state index contributed by atoms with van der Waals surface area (Å²) in [6, 6.07) is 6.71. The molecule has 2 aromatic rings. The first-order valence-corrected chi connectivity index (χ1v) is 6.72. The fraction of sp³-hybridized carbons (Fsp3) is 0.429. The van der Waals surface area contributed by atoms with Gasteiger partial charge >= 0.3 is 6.61 Å². The predicted octanol–water partition coefficient (Wildman–Crippen LogP) is 3.27. The van der Waals surface area contributed by atoms with Crippen LogP contribution in [0.4, 0.5) is 8.78 Å². The lowest BCUT2D eigenvalue weighted by Crippen LogP contribution is -2.06. The van der Waals surface area contributed by atoms with E-state index < -0.39 is 6.61 Å². The number of benzene rings is 1. The van der Waals surface area contributed by atoms with Crippen molar-refractivity contribution < 1.29 is 13.5 Å². The van der Waals surface area contributed by atoms with Gasteiger partial charge in [-0.2, -0.15) is 8.78 Å². The van der Waals surface area contributed by atoms with E-state index in [1.807, 2.05) is 4.57 Å². The lowest BCUT2D eigenvalue weighted by molar-refractivity contribution is -0.0494. The van der Waals surface area contributed by atoms with Crippen LogP contribution in [0.2, 0.25) is 0 Å². The van der Waals surface area contributed by atoms with Crippen LogP contribution in [0.25, 0.3) is 11.4 Å². The molecule has 0 unspecified atom stereocenters. The molecule has 20 heavy (non-hydrogen) atoms. The van der Waals surface area contributed by atoms with E-state index in [1.54, 1.807) is 18.2 Å². The van der Waals surface area contributed by atoms with Gasteiger partial charge < -0.3 is 9.30 Å². The molecule has 0 aliphatic carbocycles. The number of nitrogens with zero attached hydrogens (tertiary/aromatic N) is 3. The van der Waals surface area contributed by atoms with Crippen LogP contribution in [-0.4, -0.2) is 21.4 Å². The number of hydrogen-bond acceptors (Lipinski definition) is 3. The average molecular weight is 279 g/mol. The van der Waals surface area contributed by atoms with Crippen LogP contribution < -0.4 is 4.74 Å². The van der Waals surface area contributed by atoms with Gasteiger partial charge in [-0.3, -0.25) is 0 Å². The van der Waals surface area contributed by atoms with Gasteiger partial charge in [0, 0.05) is 13.0 Å². The fourth-order valence-corrected chi connectivity index (χ4v) is 2.53. The predicted molar refractivity (Wildman–Crippen MR) is 69.6 cm³/mol. The van der Waals surface area contributed by atoms with Gasteiger partial charge in [0.05, 0.1) is 5.56 Å². The zero-order valence-corrected chi connectivity index (χ0v) is 10.9. The molecule has 0 atom stereocenters. The molecule has 3 rings (SSSR count). The maximum atomic E-state index is 12.5. The first-order chi connectivity index (χ1) is 9.75. The van der Waals surface area contributed by atoms with Crippen molar-refractivity contribution in [2.24, 2.45) is 0 Å². The molecule has 0 N–H and O–H groups in total. The lowest BCUT2D eigenvalue weighted by atomic mass is 10.2. The molecule has 0 bridgehead atoms. The molecule has 0 spiro atoms. The number of rotatable bonds is 3. The van der Waals surface area contributed by atoms with Gasteiger partial charge in [0.2, 0.25) is 0 Å². The van der Waals surface area contributed by atoms with Gasteiger partial charge in [-0.05, 0) is 25.0 Å². The van der Waals surface area contributed by atoms with Crippen LogP contribution in [0.15, 0.2) is 24.3 Å². The van der Waals surface area contributed by atoms with Crippen molar-refractivity contribution in [1.82, 2.24) is 14.8 Å². The van der Waals surface area contributed by atoms with E-state index in [1.165, 1.54) is 6.07 Å². The second-order valence-electron chi connectivity index (χ2n) is 4.78. The molecule has 0 saturated heterocycles. The normalized spacial score (nSPS) is 14.9. The highest BCUT2D eigenvalue weighted by molar-refractivity contribution is 5.64. The Labute approximate surface area is 115 Å². The molecule has 0 amide bonds. The molecular formula is C14H15F2N3O. The van der Waals surface area contributed by atoms with Crippen LogP contribution in [-0.2, 0) is 13.0 Å². The van der Waals surface area contributed by atoms with Gasteiger partial charge in [0.1, 0.15) is 11.6 Å². The van der Waals surface area contributed by atoms with E-state index in [-0.39, 0.29) is 5.75 Å². The number of hydrogen-bond donors (Lipinski definition) is 0. The number of halogens is 2. The molecule has 1 aliphatic heterocycles. The molecule has 0 fully saturated rings. The summed E-state index contributed by atoms with van der Waals surface area (Å²) in [5.74, 6) is 1.67. The minimum atomic E-state index is -2.84. The number of ether oxygens (including phenoxy) is 1. The van der Waals surface area contributed by atoms with Crippen LogP contribution in [0.3, 0.4) is 0 Å². The summed E-state index contributed by atoms with van der Waals surface area (Å²) in [5, 5.41) is 8.35. The van der Waals surface area contributed by atoms with Gasteiger partial charge in [-0.25, -0.2) is 0 Å². The molecule has 106 valence electrons. The molecule has 0 radical (unpaired) electrons. The summed E-state index contributed by atoms with van der Waals surface area (Å²) in [7, 11) is 0. The summed E-state index contributed by atoms with van der Waals surface area (Å²) in [5.41, 5.74) is 0.563.